The van der Waals surface area contributed by atoms with Gasteiger partial charge < -0.3 is 4.42 Å². The summed E-state index contributed by atoms with van der Waals surface area (Å²) in [4.78, 5) is 3.53. The van der Waals surface area contributed by atoms with Gasteiger partial charge in [-0.05, 0) is 30.3 Å². The first kappa shape index (κ1) is 12.0. The molecule has 2 heterocycles. The maximum Gasteiger partial charge on any atom is 0.252 e. The van der Waals surface area contributed by atoms with Crippen LogP contribution in [-0.2, 0) is 0 Å². The van der Waals surface area contributed by atoms with E-state index >= 15 is 0 Å². The van der Waals surface area contributed by atoms with Gasteiger partial charge in [-0.15, -0.1) is 10.2 Å². The van der Waals surface area contributed by atoms with Crippen molar-refractivity contribution in [1.29, 1.82) is 5.26 Å². The summed E-state index contributed by atoms with van der Waals surface area (Å²) in [5.41, 5.74) is 1.23. The van der Waals surface area contributed by atoms with Crippen LogP contribution in [0.4, 0.5) is 4.39 Å². The first-order valence-electron chi connectivity index (χ1n) is 5.73. The Morgan fingerprint density at radius 2 is 1.95 bits per heavy atom. The van der Waals surface area contributed by atoms with E-state index in [4.69, 9.17) is 9.68 Å². The van der Waals surface area contributed by atoms with E-state index in [0.29, 0.717) is 11.1 Å². The molecule has 0 saturated heterocycles. The molecule has 0 amide bonds. The number of nitriles is 1. The molecule has 0 N–H and O–H groups in total. The fourth-order valence-corrected chi connectivity index (χ4v) is 1.72. The third-order valence-electron chi connectivity index (χ3n) is 2.65. The van der Waals surface area contributed by atoms with Crippen LogP contribution in [0.1, 0.15) is 5.56 Å². The van der Waals surface area contributed by atoms with Crippen LogP contribution in [0.15, 0.2) is 47.0 Å². The Morgan fingerprint density at radius 3 is 2.75 bits per heavy atom. The highest BCUT2D eigenvalue weighted by molar-refractivity contribution is 5.59. The minimum atomic E-state index is -0.673. The molecule has 1 aromatic carbocycles. The summed E-state index contributed by atoms with van der Waals surface area (Å²) >= 11 is 0. The van der Waals surface area contributed by atoms with Crippen LogP contribution in [0.25, 0.3) is 22.9 Å². The van der Waals surface area contributed by atoms with Gasteiger partial charge in [0.05, 0.1) is 17.2 Å². The minimum Gasteiger partial charge on any atom is -0.416 e. The van der Waals surface area contributed by atoms with Crippen molar-refractivity contribution in [3.63, 3.8) is 0 Å². The summed E-state index contributed by atoms with van der Waals surface area (Å²) in [6.07, 6.45) is 1.34. The van der Waals surface area contributed by atoms with Crippen molar-refractivity contribution >= 4 is 0 Å². The third-order valence-corrected chi connectivity index (χ3v) is 2.65. The number of aromatic nitrogens is 3. The van der Waals surface area contributed by atoms with Crippen molar-refractivity contribution in [1.82, 2.24) is 15.2 Å². The molecule has 0 atom stereocenters. The molecule has 6 heteroatoms. The summed E-state index contributed by atoms with van der Waals surface area (Å²) < 4.78 is 18.9. The van der Waals surface area contributed by atoms with E-state index < -0.39 is 5.95 Å². The van der Waals surface area contributed by atoms with E-state index in [2.05, 4.69) is 15.2 Å². The van der Waals surface area contributed by atoms with Gasteiger partial charge in [0.1, 0.15) is 0 Å². The molecule has 0 radical (unpaired) electrons. The molecule has 2 aromatic heterocycles. The fraction of sp³-hybridized carbons (Fsp3) is 0. The van der Waals surface area contributed by atoms with Gasteiger partial charge in [-0.2, -0.15) is 9.65 Å². The van der Waals surface area contributed by atoms with E-state index in [1.54, 1.807) is 30.3 Å². The first-order chi connectivity index (χ1) is 9.78. The van der Waals surface area contributed by atoms with Crippen LogP contribution in [0.2, 0.25) is 0 Å². The molecule has 5 nitrogen and oxygen atoms in total. The lowest BCUT2D eigenvalue weighted by molar-refractivity contribution is 0.555. The first-order valence-corrected chi connectivity index (χ1v) is 5.73. The molecule has 0 aliphatic heterocycles. The average Bonchev–Trinajstić information content (AvgIpc) is 2.97. The molecular formula is C14H7FN4O. The minimum absolute atomic E-state index is 0.0490. The Hall–Kier alpha value is -3.07. The van der Waals surface area contributed by atoms with Gasteiger partial charge in [0.2, 0.25) is 11.8 Å². The van der Waals surface area contributed by atoms with Crippen LogP contribution in [0, 0.1) is 17.3 Å². The number of rotatable bonds is 2. The van der Waals surface area contributed by atoms with Crippen molar-refractivity contribution in [3.05, 3.63) is 54.1 Å². The zero-order chi connectivity index (χ0) is 13.9. The molecule has 0 fully saturated rings. The van der Waals surface area contributed by atoms with Gasteiger partial charge in [0.15, 0.2) is 0 Å². The lowest BCUT2D eigenvalue weighted by Crippen LogP contribution is -1.87. The topological polar surface area (TPSA) is 75.6 Å². The second-order valence-electron chi connectivity index (χ2n) is 3.95. The predicted octanol–water partition coefficient (Wildman–Crippen LogP) is 2.81. The van der Waals surface area contributed by atoms with Gasteiger partial charge in [-0.25, -0.2) is 4.98 Å². The number of nitrogens with zero attached hydrogens (tertiary/aromatic N) is 4. The number of hydrogen-bond donors (Lipinski definition) is 0. The Kier molecular flexibility index (Phi) is 2.94. The van der Waals surface area contributed by atoms with Gasteiger partial charge >= 0.3 is 0 Å². The van der Waals surface area contributed by atoms with Crippen molar-refractivity contribution in [2.45, 2.75) is 0 Å². The Bertz CT molecular complexity index is 807. The Morgan fingerprint density at radius 1 is 1.10 bits per heavy atom. The zero-order valence-electron chi connectivity index (χ0n) is 10.1. The summed E-state index contributed by atoms with van der Waals surface area (Å²) in [7, 11) is 0. The lowest BCUT2D eigenvalue weighted by Gasteiger charge is -1.96. The monoisotopic (exact) mass is 266 g/mol. The molecule has 20 heavy (non-hydrogen) atoms. The molecule has 0 unspecified atom stereocenters. The average molecular weight is 266 g/mol. The number of pyridine rings is 1. The molecule has 3 rings (SSSR count). The number of benzene rings is 1. The summed E-state index contributed by atoms with van der Waals surface area (Å²) in [5, 5.41) is 16.5. The van der Waals surface area contributed by atoms with E-state index in [9.17, 15) is 4.39 Å². The van der Waals surface area contributed by atoms with E-state index in [-0.39, 0.29) is 17.3 Å². The second-order valence-corrected chi connectivity index (χ2v) is 3.95. The molecule has 0 spiro atoms. The van der Waals surface area contributed by atoms with E-state index in [0.717, 1.165) is 0 Å². The summed E-state index contributed by atoms with van der Waals surface area (Å²) in [6.45, 7) is 0. The van der Waals surface area contributed by atoms with Gasteiger partial charge in [-0.1, -0.05) is 6.07 Å². The van der Waals surface area contributed by atoms with Crippen molar-refractivity contribution in [2.24, 2.45) is 0 Å². The molecule has 96 valence electrons. The van der Waals surface area contributed by atoms with Crippen LogP contribution in [0.5, 0.6) is 0 Å². The van der Waals surface area contributed by atoms with E-state index in [1.807, 2.05) is 6.07 Å². The summed E-state index contributed by atoms with van der Waals surface area (Å²) in [5.74, 6) is -0.401. The molecule has 0 aliphatic rings. The van der Waals surface area contributed by atoms with Crippen LogP contribution in [-0.4, -0.2) is 15.2 Å². The largest absolute Gasteiger partial charge is 0.416 e. The van der Waals surface area contributed by atoms with E-state index in [1.165, 1.54) is 12.3 Å². The van der Waals surface area contributed by atoms with Gasteiger partial charge in [0, 0.05) is 11.8 Å². The number of hydrogen-bond acceptors (Lipinski definition) is 5. The number of halogens is 1. The normalized spacial score (nSPS) is 10.2. The fourth-order valence-electron chi connectivity index (χ4n) is 1.72. The van der Waals surface area contributed by atoms with Gasteiger partial charge in [-0.3, -0.25) is 0 Å². The quantitative estimate of drug-likeness (QED) is 0.666. The van der Waals surface area contributed by atoms with Crippen LogP contribution >= 0.6 is 0 Å². The maximum atomic E-state index is 13.5. The Labute approximate surface area is 113 Å². The highest BCUT2D eigenvalue weighted by Gasteiger charge is 2.14. The zero-order valence-corrected chi connectivity index (χ0v) is 10.1. The summed E-state index contributed by atoms with van der Waals surface area (Å²) in [6, 6.07) is 11.8. The van der Waals surface area contributed by atoms with Crippen LogP contribution in [0.3, 0.4) is 0 Å². The van der Waals surface area contributed by atoms with Crippen LogP contribution < -0.4 is 0 Å². The van der Waals surface area contributed by atoms with Crippen molar-refractivity contribution < 1.29 is 8.81 Å². The predicted molar refractivity (Wildman–Crippen MR) is 67.6 cm³/mol. The highest BCUT2D eigenvalue weighted by Crippen LogP contribution is 2.25. The molecule has 3 aromatic rings. The lowest BCUT2D eigenvalue weighted by atomic mass is 10.1. The second kappa shape index (κ2) is 4.90. The highest BCUT2D eigenvalue weighted by atomic mass is 19.1. The Balaban J connectivity index is 2.02. The maximum absolute atomic E-state index is 13.5. The molecule has 0 aliphatic carbocycles. The molecule has 0 saturated carbocycles. The smallest absolute Gasteiger partial charge is 0.252 e. The third kappa shape index (κ3) is 2.12. The van der Waals surface area contributed by atoms with Crippen molar-refractivity contribution in [3.8, 4) is 29.0 Å². The van der Waals surface area contributed by atoms with Crippen molar-refractivity contribution in [2.75, 3.05) is 0 Å². The molecular weight excluding hydrogens is 259 g/mol. The standard InChI is InChI=1S/C14H7FN4O/c15-12-11(5-2-6-17-12)14-19-18-13(20-14)10-4-1-3-9(7-10)8-16/h1-7H. The molecule has 0 bridgehead atoms. The SMILES string of the molecule is N#Cc1cccc(-c2nnc(-c3cccnc3F)o2)c1. The van der Waals surface area contributed by atoms with Gasteiger partial charge in [0.25, 0.3) is 5.89 Å².